The van der Waals surface area contributed by atoms with Crippen molar-refractivity contribution in [1.29, 1.82) is 0 Å². The van der Waals surface area contributed by atoms with E-state index in [0.29, 0.717) is 17.8 Å². The molecule has 0 spiro atoms. The Morgan fingerprint density at radius 1 is 1.44 bits per heavy atom. The van der Waals surface area contributed by atoms with Gasteiger partial charge in [0.15, 0.2) is 0 Å². The van der Waals surface area contributed by atoms with Crippen molar-refractivity contribution >= 4 is 29.7 Å². The Hall–Kier alpha value is -1.26. The molecule has 0 aromatic heterocycles. The molecule has 1 aliphatic heterocycles. The molecule has 2 rings (SSSR count). The first kappa shape index (κ1) is 14.8. The molecule has 1 aromatic carbocycles. The molecule has 1 unspecified atom stereocenters. The first-order valence-corrected chi connectivity index (χ1v) is 6.01. The quantitative estimate of drug-likeness (QED) is 0.827. The zero-order valence-electron chi connectivity index (χ0n) is 10.2. The van der Waals surface area contributed by atoms with Crippen molar-refractivity contribution in [3.05, 3.63) is 24.3 Å². The van der Waals surface area contributed by atoms with Gasteiger partial charge in [-0.2, -0.15) is 0 Å². The lowest BCUT2D eigenvalue weighted by Gasteiger charge is -2.10. The summed E-state index contributed by atoms with van der Waals surface area (Å²) >= 11 is 0. The highest BCUT2D eigenvalue weighted by atomic mass is 35.5. The smallest absolute Gasteiger partial charge is 0.224 e. The van der Waals surface area contributed by atoms with Gasteiger partial charge in [0.2, 0.25) is 5.91 Å². The summed E-state index contributed by atoms with van der Waals surface area (Å²) in [5.41, 5.74) is 7.03. The van der Waals surface area contributed by atoms with E-state index < -0.39 is 0 Å². The van der Waals surface area contributed by atoms with Crippen molar-refractivity contribution in [2.24, 2.45) is 0 Å². The summed E-state index contributed by atoms with van der Waals surface area (Å²) in [5.74, 6) is -0.00148. The minimum absolute atomic E-state index is 0. The van der Waals surface area contributed by atoms with Gasteiger partial charge in [0.25, 0.3) is 0 Å². The largest absolute Gasteiger partial charge is 0.397 e. The number of nitrogen functional groups attached to an aromatic ring is 1. The lowest BCUT2D eigenvalue weighted by molar-refractivity contribution is -0.116. The number of benzene rings is 1. The molecule has 0 radical (unpaired) electrons. The van der Waals surface area contributed by atoms with Gasteiger partial charge in [-0.15, -0.1) is 12.4 Å². The average molecular weight is 271 g/mol. The van der Waals surface area contributed by atoms with Gasteiger partial charge in [-0.3, -0.25) is 4.79 Å². The number of carbonyl (C=O) groups is 1. The number of nitrogens with one attached hydrogen (secondary N) is 1. The summed E-state index contributed by atoms with van der Waals surface area (Å²) in [6, 6.07) is 7.28. The van der Waals surface area contributed by atoms with Gasteiger partial charge >= 0.3 is 0 Å². The highest BCUT2D eigenvalue weighted by molar-refractivity contribution is 5.93. The Labute approximate surface area is 113 Å². The van der Waals surface area contributed by atoms with E-state index in [1.165, 1.54) is 0 Å². The van der Waals surface area contributed by atoms with E-state index in [-0.39, 0.29) is 24.4 Å². The van der Waals surface area contributed by atoms with Crippen LogP contribution in [0.4, 0.5) is 11.4 Å². The monoisotopic (exact) mass is 270 g/mol. The van der Waals surface area contributed by atoms with Gasteiger partial charge in [0, 0.05) is 13.0 Å². The predicted molar refractivity (Wildman–Crippen MR) is 74.9 cm³/mol. The van der Waals surface area contributed by atoms with Crippen LogP contribution in [0.15, 0.2) is 24.3 Å². The SMILES string of the molecule is Cl.Nc1ccccc1NC(=O)CCC1CCCO1. The number of hydrogen-bond acceptors (Lipinski definition) is 3. The number of para-hydroxylation sites is 2. The van der Waals surface area contributed by atoms with E-state index in [4.69, 9.17) is 10.5 Å². The van der Waals surface area contributed by atoms with E-state index >= 15 is 0 Å². The molecule has 0 aliphatic carbocycles. The Bertz CT molecular complexity index is 392. The fourth-order valence-electron chi connectivity index (χ4n) is 1.99. The molecule has 18 heavy (non-hydrogen) atoms. The van der Waals surface area contributed by atoms with Crippen LogP contribution in [0.1, 0.15) is 25.7 Å². The van der Waals surface area contributed by atoms with Crippen molar-refractivity contribution in [3.8, 4) is 0 Å². The van der Waals surface area contributed by atoms with Crippen LogP contribution < -0.4 is 11.1 Å². The van der Waals surface area contributed by atoms with E-state index in [1.54, 1.807) is 12.1 Å². The van der Waals surface area contributed by atoms with Crippen LogP contribution >= 0.6 is 12.4 Å². The number of hydrogen-bond donors (Lipinski definition) is 2. The molecular weight excluding hydrogens is 252 g/mol. The lowest BCUT2D eigenvalue weighted by atomic mass is 10.1. The van der Waals surface area contributed by atoms with Gasteiger partial charge in [0.05, 0.1) is 17.5 Å². The Balaban J connectivity index is 0.00000162. The second-order valence-corrected chi connectivity index (χ2v) is 4.31. The summed E-state index contributed by atoms with van der Waals surface area (Å²) in [5, 5.41) is 2.81. The Morgan fingerprint density at radius 3 is 2.89 bits per heavy atom. The van der Waals surface area contributed by atoms with Crippen molar-refractivity contribution in [1.82, 2.24) is 0 Å². The molecule has 5 heteroatoms. The minimum Gasteiger partial charge on any atom is -0.397 e. The molecule has 4 nitrogen and oxygen atoms in total. The summed E-state index contributed by atoms with van der Waals surface area (Å²) in [4.78, 5) is 11.7. The zero-order valence-corrected chi connectivity index (χ0v) is 11.0. The standard InChI is InChI=1S/C13H18N2O2.ClH/c14-11-5-1-2-6-12(11)15-13(16)8-7-10-4-3-9-17-10;/h1-2,5-6,10H,3-4,7-9,14H2,(H,15,16);1H. The van der Waals surface area contributed by atoms with Gasteiger partial charge in [0.1, 0.15) is 0 Å². The third kappa shape index (κ3) is 4.20. The fraction of sp³-hybridized carbons (Fsp3) is 0.462. The Morgan fingerprint density at radius 2 is 2.22 bits per heavy atom. The number of rotatable bonds is 4. The lowest BCUT2D eigenvalue weighted by Crippen LogP contribution is -2.15. The van der Waals surface area contributed by atoms with E-state index in [0.717, 1.165) is 25.9 Å². The molecule has 1 atom stereocenters. The summed E-state index contributed by atoms with van der Waals surface area (Å²) in [6.07, 6.45) is 3.71. The van der Waals surface area contributed by atoms with Crippen LogP contribution in [0.5, 0.6) is 0 Å². The van der Waals surface area contributed by atoms with Crippen LogP contribution in [-0.4, -0.2) is 18.6 Å². The molecule has 1 aliphatic rings. The zero-order chi connectivity index (χ0) is 12.1. The van der Waals surface area contributed by atoms with Crippen LogP contribution in [0.2, 0.25) is 0 Å². The maximum Gasteiger partial charge on any atom is 0.224 e. The predicted octanol–water partition coefficient (Wildman–Crippen LogP) is 2.59. The van der Waals surface area contributed by atoms with Gasteiger partial charge in [-0.1, -0.05) is 12.1 Å². The summed E-state index contributed by atoms with van der Waals surface area (Å²) < 4.78 is 5.47. The highest BCUT2D eigenvalue weighted by Crippen LogP contribution is 2.19. The van der Waals surface area contributed by atoms with Gasteiger partial charge in [-0.05, 0) is 31.4 Å². The van der Waals surface area contributed by atoms with Crippen LogP contribution in [-0.2, 0) is 9.53 Å². The molecule has 1 amide bonds. The first-order valence-electron chi connectivity index (χ1n) is 6.01. The average Bonchev–Trinajstić information content (AvgIpc) is 2.82. The Kier molecular flexibility index (Phi) is 5.95. The van der Waals surface area contributed by atoms with Crippen molar-refractivity contribution < 1.29 is 9.53 Å². The molecule has 0 saturated carbocycles. The minimum atomic E-state index is -0.00148. The second kappa shape index (κ2) is 7.24. The number of nitrogens with two attached hydrogens (primary N) is 1. The molecule has 0 bridgehead atoms. The highest BCUT2D eigenvalue weighted by Gasteiger charge is 2.16. The first-order chi connectivity index (χ1) is 8.25. The number of amides is 1. The van der Waals surface area contributed by atoms with E-state index in [2.05, 4.69) is 5.32 Å². The van der Waals surface area contributed by atoms with Crippen LogP contribution in [0.25, 0.3) is 0 Å². The third-order valence-electron chi connectivity index (χ3n) is 2.95. The molecule has 1 aromatic rings. The number of anilines is 2. The molecular formula is C13H19ClN2O2. The van der Waals surface area contributed by atoms with E-state index in [1.807, 2.05) is 12.1 Å². The van der Waals surface area contributed by atoms with E-state index in [9.17, 15) is 4.79 Å². The second-order valence-electron chi connectivity index (χ2n) is 4.31. The molecule has 1 saturated heterocycles. The fourth-order valence-corrected chi connectivity index (χ4v) is 1.99. The van der Waals surface area contributed by atoms with Crippen LogP contribution in [0, 0.1) is 0 Å². The van der Waals surface area contributed by atoms with Gasteiger partial charge < -0.3 is 15.8 Å². The normalized spacial score (nSPS) is 18.1. The van der Waals surface area contributed by atoms with Crippen molar-refractivity contribution in [2.45, 2.75) is 31.8 Å². The maximum atomic E-state index is 11.7. The van der Waals surface area contributed by atoms with Crippen molar-refractivity contribution in [2.75, 3.05) is 17.7 Å². The third-order valence-corrected chi connectivity index (χ3v) is 2.95. The summed E-state index contributed by atoms with van der Waals surface area (Å²) in [7, 11) is 0. The topological polar surface area (TPSA) is 64.3 Å². The maximum absolute atomic E-state index is 11.7. The number of carbonyl (C=O) groups excluding carboxylic acids is 1. The van der Waals surface area contributed by atoms with Gasteiger partial charge in [-0.25, -0.2) is 0 Å². The molecule has 1 heterocycles. The number of ether oxygens (including phenoxy) is 1. The molecule has 1 fully saturated rings. The summed E-state index contributed by atoms with van der Waals surface area (Å²) in [6.45, 7) is 0.831. The molecule has 100 valence electrons. The number of halogens is 1. The molecule has 3 N–H and O–H groups in total. The van der Waals surface area contributed by atoms with Crippen LogP contribution in [0.3, 0.4) is 0 Å². The van der Waals surface area contributed by atoms with Crippen molar-refractivity contribution in [3.63, 3.8) is 0 Å².